The number of methoxy groups -OCH3 is 4. The first kappa shape index (κ1) is 29.4. The first-order valence-electron chi connectivity index (χ1n) is 12.0. The summed E-state index contributed by atoms with van der Waals surface area (Å²) in [5.41, 5.74) is 1.77. The quantitative estimate of drug-likeness (QED) is 0.237. The SMILES string of the molecule is COC(=O)C1=C(C(=O)OC)SC(=C2C(=S)C(C)(C)N(C(=O)C=Cc3ccc(OC)cc3)c3cc(OC)ccc32)S1. The van der Waals surface area contributed by atoms with Gasteiger partial charge in [0.1, 0.15) is 21.3 Å². The minimum absolute atomic E-state index is 0.124. The predicted octanol–water partition coefficient (Wildman–Crippen LogP) is 5.62. The van der Waals surface area contributed by atoms with E-state index in [1.165, 1.54) is 20.3 Å². The van der Waals surface area contributed by atoms with Crippen LogP contribution < -0.4 is 14.4 Å². The zero-order valence-electron chi connectivity index (χ0n) is 22.7. The summed E-state index contributed by atoms with van der Waals surface area (Å²) in [5.74, 6) is -0.304. The number of fused-ring (bicyclic) bond motifs is 1. The lowest BCUT2D eigenvalue weighted by Gasteiger charge is -2.45. The number of carbonyl (C=O) groups is 3. The van der Waals surface area contributed by atoms with E-state index >= 15 is 0 Å². The summed E-state index contributed by atoms with van der Waals surface area (Å²) in [6, 6.07) is 12.7. The van der Waals surface area contributed by atoms with Crippen LogP contribution in [0.25, 0.3) is 11.6 Å². The van der Waals surface area contributed by atoms with E-state index in [2.05, 4.69) is 0 Å². The van der Waals surface area contributed by atoms with Crippen LogP contribution in [-0.2, 0) is 23.9 Å². The molecule has 0 N–H and O–H groups in total. The third kappa shape index (κ3) is 5.41. The lowest BCUT2D eigenvalue weighted by Crippen LogP contribution is -2.55. The largest absolute Gasteiger partial charge is 0.497 e. The first-order chi connectivity index (χ1) is 19.1. The van der Waals surface area contributed by atoms with Gasteiger partial charge < -0.3 is 18.9 Å². The average Bonchev–Trinajstić information content (AvgIpc) is 3.40. The Bertz CT molecular complexity index is 1460. The maximum atomic E-state index is 13.8. The monoisotopic (exact) mass is 597 g/mol. The van der Waals surface area contributed by atoms with Gasteiger partial charge in [0, 0.05) is 23.3 Å². The number of hydrogen-bond donors (Lipinski definition) is 0. The van der Waals surface area contributed by atoms with Gasteiger partial charge in [0.05, 0.1) is 48.8 Å². The Kier molecular flexibility index (Phi) is 8.77. The molecule has 2 aliphatic heterocycles. The molecule has 0 bridgehead atoms. The molecule has 2 aromatic rings. The Morgan fingerprint density at radius 1 is 0.850 bits per heavy atom. The van der Waals surface area contributed by atoms with Crippen LogP contribution in [0.1, 0.15) is 25.0 Å². The molecule has 0 radical (unpaired) electrons. The molecule has 1 amide bonds. The van der Waals surface area contributed by atoms with Gasteiger partial charge in [-0.1, -0.05) is 47.9 Å². The van der Waals surface area contributed by atoms with E-state index in [0.717, 1.165) is 34.8 Å². The van der Waals surface area contributed by atoms with Gasteiger partial charge in [-0.05, 0) is 49.8 Å². The number of carbonyl (C=O) groups excluding carboxylic acids is 3. The number of anilines is 1. The van der Waals surface area contributed by atoms with Crippen molar-refractivity contribution in [3.63, 3.8) is 0 Å². The summed E-state index contributed by atoms with van der Waals surface area (Å²) in [4.78, 5) is 41.2. The fourth-order valence-electron chi connectivity index (χ4n) is 4.27. The Morgan fingerprint density at radius 3 is 1.93 bits per heavy atom. The maximum absolute atomic E-state index is 13.8. The third-order valence-corrected chi connectivity index (χ3v) is 9.61. The first-order valence-corrected chi connectivity index (χ1v) is 14.0. The molecule has 0 saturated carbocycles. The molecule has 4 rings (SSSR count). The topological polar surface area (TPSA) is 91.4 Å². The van der Waals surface area contributed by atoms with Crippen LogP contribution in [0, 0.1) is 0 Å². The van der Waals surface area contributed by atoms with Gasteiger partial charge in [0.2, 0.25) is 0 Å². The highest BCUT2D eigenvalue weighted by Crippen LogP contribution is 2.56. The highest BCUT2D eigenvalue weighted by atomic mass is 32.2. The number of amides is 1. The van der Waals surface area contributed by atoms with Crippen LogP contribution >= 0.6 is 35.7 Å². The number of thioether (sulfide) groups is 2. The number of nitrogens with zero attached hydrogens (tertiary/aromatic N) is 1. The second-order valence-electron chi connectivity index (χ2n) is 9.06. The number of ether oxygens (including phenoxy) is 4. The van der Waals surface area contributed by atoms with Crippen molar-refractivity contribution in [2.24, 2.45) is 0 Å². The lowest BCUT2D eigenvalue weighted by atomic mass is 9.83. The maximum Gasteiger partial charge on any atom is 0.346 e. The summed E-state index contributed by atoms with van der Waals surface area (Å²) < 4.78 is 21.1. The third-order valence-electron chi connectivity index (χ3n) is 6.35. The fraction of sp³-hybridized carbons (Fsp3) is 0.241. The summed E-state index contributed by atoms with van der Waals surface area (Å²) in [5, 5.41) is 0. The summed E-state index contributed by atoms with van der Waals surface area (Å²) >= 11 is 8.21. The molecule has 0 spiro atoms. The molecule has 0 fully saturated rings. The molecule has 2 heterocycles. The molecule has 40 heavy (non-hydrogen) atoms. The van der Waals surface area contributed by atoms with Crippen LogP contribution in [0.15, 0.2) is 62.6 Å². The van der Waals surface area contributed by atoms with Crippen LogP contribution in [-0.4, -0.2) is 56.7 Å². The van der Waals surface area contributed by atoms with E-state index in [9.17, 15) is 14.4 Å². The highest BCUT2D eigenvalue weighted by Gasteiger charge is 2.45. The van der Waals surface area contributed by atoms with Crippen molar-refractivity contribution >= 4 is 75.8 Å². The van der Waals surface area contributed by atoms with Crippen LogP contribution in [0.3, 0.4) is 0 Å². The molecular formula is C29H27NO7S3. The van der Waals surface area contributed by atoms with Crippen molar-refractivity contribution in [3.8, 4) is 11.5 Å². The second kappa shape index (κ2) is 11.9. The van der Waals surface area contributed by atoms with E-state index in [1.807, 2.05) is 44.2 Å². The van der Waals surface area contributed by atoms with E-state index < -0.39 is 17.5 Å². The van der Waals surface area contributed by atoms with Gasteiger partial charge in [-0.3, -0.25) is 9.69 Å². The summed E-state index contributed by atoms with van der Waals surface area (Å²) in [7, 11) is 5.64. The van der Waals surface area contributed by atoms with Crippen molar-refractivity contribution in [2.45, 2.75) is 19.4 Å². The molecule has 2 aliphatic rings. The normalized spacial score (nSPS) is 16.2. The van der Waals surface area contributed by atoms with Crippen LogP contribution in [0.2, 0.25) is 0 Å². The minimum atomic E-state index is -0.959. The molecule has 0 unspecified atom stereocenters. The number of rotatable bonds is 6. The highest BCUT2D eigenvalue weighted by molar-refractivity contribution is 8.29. The lowest BCUT2D eigenvalue weighted by molar-refractivity contribution is -0.138. The molecule has 2 aromatic carbocycles. The van der Waals surface area contributed by atoms with Gasteiger partial charge in [-0.25, -0.2) is 9.59 Å². The Balaban J connectivity index is 1.83. The Morgan fingerprint density at radius 2 is 1.40 bits per heavy atom. The zero-order chi connectivity index (χ0) is 29.2. The van der Waals surface area contributed by atoms with Crippen molar-refractivity contribution < 1.29 is 33.3 Å². The van der Waals surface area contributed by atoms with Gasteiger partial charge >= 0.3 is 11.9 Å². The van der Waals surface area contributed by atoms with E-state index in [1.54, 1.807) is 37.3 Å². The fourth-order valence-corrected chi connectivity index (χ4v) is 7.31. The van der Waals surface area contributed by atoms with Crippen molar-refractivity contribution in [1.29, 1.82) is 0 Å². The molecule has 11 heteroatoms. The minimum Gasteiger partial charge on any atom is -0.497 e. The van der Waals surface area contributed by atoms with Crippen molar-refractivity contribution in [1.82, 2.24) is 0 Å². The van der Waals surface area contributed by atoms with E-state index in [-0.39, 0.29) is 15.7 Å². The molecule has 0 aromatic heterocycles. The predicted molar refractivity (Wildman–Crippen MR) is 162 cm³/mol. The van der Waals surface area contributed by atoms with Gasteiger partial charge in [0.15, 0.2) is 0 Å². The Hall–Kier alpha value is -3.54. The molecule has 208 valence electrons. The zero-order valence-corrected chi connectivity index (χ0v) is 25.2. The standard InChI is InChI=1S/C29H27NO7S3/c1-29(2)25(38)22(28-39-23(26(32)36-5)24(40-28)27(33)37-6)19-13-12-18(35-4)15-20(19)30(29)21(31)14-9-16-7-10-17(34-3)11-8-16/h7-15H,1-6H3. The van der Waals surface area contributed by atoms with E-state index in [0.29, 0.717) is 31.7 Å². The van der Waals surface area contributed by atoms with Crippen LogP contribution in [0.5, 0.6) is 11.5 Å². The van der Waals surface area contributed by atoms with Crippen LogP contribution in [0.4, 0.5) is 5.69 Å². The number of hydrogen-bond acceptors (Lipinski definition) is 10. The molecule has 8 nitrogen and oxygen atoms in total. The second-order valence-corrected chi connectivity index (χ2v) is 11.8. The number of esters is 2. The molecular weight excluding hydrogens is 571 g/mol. The van der Waals surface area contributed by atoms with E-state index in [4.69, 9.17) is 31.2 Å². The Labute approximate surface area is 246 Å². The smallest absolute Gasteiger partial charge is 0.346 e. The number of thiocarbonyl (C=S) groups is 1. The summed E-state index contributed by atoms with van der Waals surface area (Å²) in [6.07, 6.45) is 3.23. The van der Waals surface area contributed by atoms with Gasteiger partial charge in [-0.2, -0.15) is 0 Å². The van der Waals surface area contributed by atoms with Gasteiger partial charge in [-0.15, -0.1) is 0 Å². The summed E-state index contributed by atoms with van der Waals surface area (Å²) in [6.45, 7) is 3.72. The van der Waals surface area contributed by atoms with Crippen molar-refractivity contribution in [2.75, 3.05) is 33.3 Å². The number of benzene rings is 2. The van der Waals surface area contributed by atoms with Crippen molar-refractivity contribution in [3.05, 3.63) is 73.7 Å². The molecule has 0 aliphatic carbocycles. The molecule has 0 atom stereocenters. The van der Waals surface area contributed by atoms with Gasteiger partial charge in [0.25, 0.3) is 5.91 Å². The molecule has 0 saturated heterocycles. The average molecular weight is 598 g/mol.